The van der Waals surface area contributed by atoms with Crippen LogP contribution >= 0.6 is 0 Å². The molecular weight excluding hydrogens is 997 g/mol. The van der Waals surface area contributed by atoms with Gasteiger partial charge in [-0.1, -0.05) is 169 Å². The Hall–Kier alpha value is -9.94. The summed E-state index contributed by atoms with van der Waals surface area (Å²) < 4.78 is 9.86. The first-order valence-corrected chi connectivity index (χ1v) is 31.5. The minimum absolute atomic E-state index is 0.927. The quantitative estimate of drug-likeness (QED) is 0.148. The molecule has 0 radical (unpaired) electrons. The third-order valence-electron chi connectivity index (χ3n) is 18.7. The number of aromatic nitrogens is 4. The van der Waals surface area contributed by atoms with Crippen LogP contribution < -0.4 is 10.4 Å². The molecule has 4 heterocycles. The highest BCUT2D eigenvalue weighted by atomic mass is 28.3. The maximum Gasteiger partial charge on any atom is 0.112 e. The molecule has 5 heteroatoms. The number of benzene rings is 12. The van der Waals surface area contributed by atoms with Crippen molar-refractivity contribution >= 4 is 106 Å². The Morgan fingerprint density at radius 2 is 0.556 bits per heavy atom. The highest BCUT2D eigenvalue weighted by Gasteiger charge is 2.32. The van der Waals surface area contributed by atoms with Crippen molar-refractivity contribution < 1.29 is 0 Å². The molecular formula is C76H52N4Si. The van der Waals surface area contributed by atoms with Crippen LogP contribution in [0.4, 0.5) is 0 Å². The van der Waals surface area contributed by atoms with Crippen molar-refractivity contribution in [2.75, 3.05) is 0 Å². The Balaban J connectivity index is 0.762. The van der Waals surface area contributed by atoms with Crippen LogP contribution in [0.1, 0.15) is 22.3 Å². The standard InChI is InChI=1S/C76H52N4Si/c1-81(2,55-33-29-47-37-49-39-75-67(45-63(49)61(47)43-55)65-41-53(31-35-73(65)77(75)51-17-5-3-6-18-51)79-69-25-13-9-21-57(69)58-22-10-14-26-70(58)79)56-34-30-48-38-50-40-76-68(46-64(50)62(48)44-56)66-42-54(32-36-74(66)78(76)52-19-7-4-8-20-52)80-71-27-15-11-23-59(71)60-24-12-16-28-72(60)80/h3-36,39-46H,37-38H2,1-2H3. The second kappa shape index (κ2) is 16.6. The van der Waals surface area contributed by atoms with E-state index in [0.29, 0.717) is 0 Å². The van der Waals surface area contributed by atoms with E-state index in [9.17, 15) is 0 Å². The highest BCUT2D eigenvalue weighted by Crippen LogP contribution is 2.46. The zero-order valence-corrected chi connectivity index (χ0v) is 46.0. The summed E-state index contributed by atoms with van der Waals surface area (Å²) in [5.74, 6) is 0. The summed E-state index contributed by atoms with van der Waals surface area (Å²) in [4.78, 5) is 0. The Bertz CT molecular complexity index is 4940. The number of para-hydroxylation sites is 6. The lowest BCUT2D eigenvalue weighted by Gasteiger charge is -2.25. The molecule has 12 aromatic carbocycles. The van der Waals surface area contributed by atoms with E-state index in [1.165, 1.54) is 165 Å². The Labute approximate surface area is 469 Å². The fourth-order valence-electron chi connectivity index (χ4n) is 14.7. The summed E-state index contributed by atoms with van der Waals surface area (Å²) in [6.45, 7) is 5.11. The maximum atomic E-state index is 2.58. The van der Waals surface area contributed by atoms with E-state index in [0.717, 1.165) is 12.8 Å². The van der Waals surface area contributed by atoms with Crippen molar-refractivity contribution in [3.05, 3.63) is 277 Å². The van der Waals surface area contributed by atoms with Crippen molar-refractivity contribution in [3.63, 3.8) is 0 Å². The predicted octanol–water partition coefficient (Wildman–Crippen LogP) is 18.0. The third-order valence-corrected chi connectivity index (χ3v) is 22.2. The molecule has 81 heavy (non-hydrogen) atoms. The van der Waals surface area contributed by atoms with Crippen molar-refractivity contribution in [3.8, 4) is 45.0 Å². The largest absolute Gasteiger partial charge is 0.309 e. The number of nitrogens with zero attached hydrogens (tertiary/aromatic N) is 4. The molecule has 0 unspecified atom stereocenters. The first-order chi connectivity index (χ1) is 39.9. The van der Waals surface area contributed by atoms with Crippen molar-refractivity contribution in [2.45, 2.75) is 25.9 Å². The Morgan fingerprint density at radius 3 is 0.951 bits per heavy atom. The van der Waals surface area contributed by atoms with Crippen LogP contribution in [0.3, 0.4) is 0 Å². The normalized spacial score (nSPS) is 13.0. The molecule has 0 atom stereocenters. The van der Waals surface area contributed by atoms with Gasteiger partial charge in [0.2, 0.25) is 0 Å². The van der Waals surface area contributed by atoms with E-state index >= 15 is 0 Å². The molecule has 0 saturated carbocycles. The van der Waals surface area contributed by atoms with E-state index in [2.05, 4.69) is 286 Å². The van der Waals surface area contributed by atoms with E-state index in [1.807, 2.05) is 0 Å². The van der Waals surface area contributed by atoms with Gasteiger partial charge in [-0.15, -0.1) is 0 Å². The van der Waals surface area contributed by atoms with E-state index in [-0.39, 0.29) is 0 Å². The van der Waals surface area contributed by atoms with Crippen LogP contribution in [-0.2, 0) is 12.8 Å². The van der Waals surface area contributed by atoms with Crippen molar-refractivity contribution in [1.82, 2.24) is 18.3 Å². The van der Waals surface area contributed by atoms with Crippen LogP contribution in [0, 0.1) is 0 Å². The van der Waals surface area contributed by atoms with Gasteiger partial charge in [-0.3, -0.25) is 0 Å². The lowest BCUT2D eigenvalue weighted by atomic mass is 10.0. The molecule has 4 nitrogen and oxygen atoms in total. The molecule has 0 spiro atoms. The molecule has 0 amide bonds. The van der Waals surface area contributed by atoms with Crippen LogP contribution in [0.15, 0.2) is 255 Å². The summed E-state index contributed by atoms with van der Waals surface area (Å²) in [6, 6.07) is 96.3. The number of hydrogen-bond acceptors (Lipinski definition) is 0. The molecule has 0 bridgehead atoms. The fourth-order valence-corrected chi connectivity index (χ4v) is 17.0. The molecule has 0 N–H and O–H groups in total. The summed E-state index contributed by atoms with van der Waals surface area (Å²) in [5.41, 5.74) is 25.6. The van der Waals surface area contributed by atoms with Crippen LogP contribution in [0.5, 0.6) is 0 Å². The van der Waals surface area contributed by atoms with Gasteiger partial charge < -0.3 is 18.3 Å². The molecule has 0 aliphatic heterocycles. The van der Waals surface area contributed by atoms with Gasteiger partial charge in [-0.05, 0) is 167 Å². The number of hydrogen-bond donors (Lipinski definition) is 0. The van der Waals surface area contributed by atoms with Gasteiger partial charge in [0.25, 0.3) is 0 Å². The Morgan fingerprint density at radius 1 is 0.235 bits per heavy atom. The van der Waals surface area contributed by atoms with Crippen molar-refractivity contribution in [1.29, 1.82) is 0 Å². The molecule has 4 aromatic heterocycles. The molecule has 18 rings (SSSR count). The van der Waals surface area contributed by atoms with Gasteiger partial charge in [0.05, 0.1) is 44.1 Å². The third kappa shape index (κ3) is 6.35. The summed E-state index contributed by atoms with van der Waals surface area (Å²) >= 11 is 0. The SMILES string of the molecule is C[Si](C)(c1ccc2c(c1)-c1cc3c4cc(-n5c6ccccc6c6ccccc65)ccc4n(-c4ccccc4)c3cc1C2)c1ccc2c(c1)-c1cc3c4cc(-n5c6ccccc6c6ccccc65)ccc4n(-c4ccccc4)c3cc1C2. The monoisotopic (exact) mass is 1050 g/mol. The average molecular weight is 1050 g/mol. The highest BCUT2D eigenvalue weighted by molar-refractivity contribution is 7.00. The molecule has 0 saturated heterocycles. The molecule has 380 valence electrons. The predicted molar refractivity (Wildman–Crippen MR) is 343 cm³/mol. The molecule has 16 aromatic rings. The van der Waals surface area contributed by atoms with Gasteiger partial charge >= 0.3 is 0 Å². The van der Waals surface area contributed by atoms with E-state index in [1.54, 1.807) is 0 Å². The van der Waals surface area contributed by atoms with Gasteiger partial charge in [0.1, 0.15) is 8.07 Å². The minimum Gasteiger partial charge on any atom is -0.309 e. The van der Waals surface area contributed by atoms with Crippen molar-refractivity contribution in [2.24, 2.45) is 0 Å². The maximum absolute atomic E-state index is 2.58. The fraction of sp³-hybridized carbons (Fsp3) is 0.0526. The zero-order chi connectivity index (χ0) is 53.2. The average Bonchev–Trinajstić information content (AvgIpc) is 4.52. The molecule has 2 aliphatic rings. The minimum atomic E-state index is -2.24. The second-order valence-electron chi connectivity index (χ2n) is 23.3. The topological polar surface area (TPSA) is 19.7 Å². The first-order valence-electron chi connectivity index (χ1n) is 28.5. The second-order valence-corrected chi connectivity index (χ2v) is 27.7. The van der Waals surface area contributed by atoms with E-state index < -0.39 is 8.07 Å². The van der Waals surface area contributed by atoms with Crippen LogP contribution in [0.2, 0.25) is 13.1 Å². The lowest BCUT2D eigenvalue weighted by molar-refractivity contribution is 1.16. The molecule has 0 fully saturated rings. The summed E-state index contributed by atoms with van der Waals surface area (Å²) in [5, 5.41) is 13.1. The van der Waals surface area contributed by atoms with Gasteiger partial charge in [-0.2, -0.15) is 0 Å². The molecule has 2 aliphatic carbocycles. The smallest absolute Gasteiger partial charge is 0.112 e. The van der Waals surface area contributed by atoms with Gasteiger partial charge in [0.15, 0.2) is 0 Å². The van der Waals surface area contributed by atoms with Gasteiger partial charge in [-0.25, -0.2) is 0 Å². The Kier molecular flexibility index (Phi) is 9.19. The summed E-state index contributed by atoms with van der Waals surface area (Å²) in [6.07, 6.45) is 1.85. The lowest BCUT2D eigenvalue weighted by Crippen LogP contribution is -2.52. The summed E-state index contributed by atoms with van der Waals surface area (Å²) in [7, 11) is -2.24. The first kappa shape index (κ1) is 45.0. The van der Waals surface area contributed by atoms with Crippen LogP contribution in [-0.4, -0.2) is 26.3 Å². The van der Waals surface area contributed by atoms with Crippen LogP contribution in [0.25, 0.3) is 132 Å². The number of fused-ring (bicyclic) bond motifs is 18. The van der Waals surface area contributed by atoms with E-state index in [4.69, 9.17) is 0 Å². The van der Waals surface area contributed by atoms with Gasteiger partial charge in [0, 0.05) is 65.8 Å². The number of rotatable bonds is 6. The zero-order valence-electron chi connectivity index (χ0n) is 45.0.